The van der Waals surface area contributed by atoms with Gasteiger partial charge in [-0.2, -0.15) is 5.26 Å². The van der Waals surface area contributed by atoms with Crippen LogP contribution >= 0.6 is 0 Å². The Labute approximate surface area is 135 Å². The summed E-state index contributed by atoms with van der Waals surface area (Å²) in [5, 5.41) is 11.8. The van der Waals surface area contributed by atoms with Crippen LogP contribution in [0.15, 0.2) is 47.7 Å². The number of hydrogen-bond donors (Lipinski definition) is 1. The molecule has 1 aromatic rings. The maximum absolute atomic E-state index is 11.8. The molecule has 0 aliphatic carbocycles. The number of hydrogen-bond acceptors (Lipinski definition) is 6. The van der Waals surface area contributed by atoms with Crippen molar-refractivity contribution in [2.24, 2.45) is 0 Å². The molecule has 0 aliphatic rings. The maximum atomic E-state index is 11.8. The van der Waals surface area contributed by atoms with E-state index in [0.29, 0.717) is 17.8 Å². The van der Waals surface area contributed by atoms with Crippen LogP contribution < -0.4 is 5.32 Å². The molecule has 0 fully saturated rings. The van der Waals surface area contributed by atoms with Crippen molar-refractivity contribution in [2.75, 3.05) is 14.2 Å². The first kappa shape index (κ1) is 18.0. The lowest BCUT2D eigenvalue weighted by Crippen LogP contribution is -2.16. The summed E-state index contributed by atoms with van der Waals surface area (Å²) in [4.78, 5) is 22.9. The SMILES string of the molecule is COC(=O)/C=C/C(C(=O)OC)=C(/C)NCc1ccc(C#N)cc1. The normalized spacial score (nSPS) is 11.4. The smallest absolute Gasteiger partial charge is 0.339 e. The minimum absolute atomic E-state index is 0.228. The van der Waals surface area contributed by atoms with Crippen LogP contribution in [0.4, 0.5) is 0 Å². The highest BCUT2D eigenvalue weighted by Crippen LogP contribution is 2.09. The molecule has 0 unspecified atom stereocenters. The Kier molecular flexibility index (Phi) is 7.08. The third kappa shape index (κ3) is 5.67. The highest BCUT2D eigenvalue weighted by Gasteiger charge is 2.11. The van der Waals surface area contributed by atoms with Crippen LogP contribution in [0.2, 0.25) is 0 Å². The number of carbonyl (C=O) groups excluding carboxylic acids is 2. The molecule has 1 N–H and O–H groups in total. The van der Waals surface area contributed by atoms with Crippen molar-refractivity contribution in [1.29, 1.82) is 5.26 Å². The second-order valence-electron chi connectivity index (χ2n) is 4.55. The summed E-state index contributed by atoms with van der Waals surface area (Å²) < 4.78 is 9.20. The molecular formula is C17H18N2O4. The number of nitrogens with zero attached hydrogens (tertiary/aromatic N) is 1. The molecule has 0 bridgehead atoms. The third-order valence-electron chi connectivity index (χ3n) is 3.04. The Balaban J connectivity index is 2.88. The van der Waals surface area contributed by atoms with Gasteiger partial charge in [0.2, 0.25) is 0 Å². The van der Waals surface area contributed by atoms with Gasteiger partial charge in [-0.15, -0.1) is 0 Å². The van der Waals surface area contributed by atoms with Crippen molar-refractivity contribution < 1.29 is 19.1 Å². The van der Waals surface area contributed by atoms with Crippen molar-refractivity contribution in [3.63, 3.8) is 0 Å². The number of carbonyl (C=O) groups is 2. The Morgan fingerprint density at radius 3 is 2.35 bits per heavy atom. The molecule has 120 valence electrons. The van der Waals surface area contributed by atoms with E-state index >= 15 is 0 Å². The highest BCUT2D eigenvalue weighted by molar-refractivity contribution is 5.94. The van der Waals surface area contributed by atoms with Crippen molar-refractivity contribution in [2.45, 2.75) is 13.5 Å². The summed E-state index contributed by atoms with van der Waals surface area (Å²) >= 11 is 0. The van der Waals surface area contributed by atoms with E-state index in [1.807, 2.05) is 18.2 Å². The van der Waals surface area contributed by atoms with Gasteiger partial charge in [0.05, 0.1) is 31.4 Å². The molecule has 0 atom stereocenters. The van der Waals surface area contributed by atoms with E-state index in [2.05, 4.69) is 10.1 Å². The molecule has 0 saturated heterocycles. The lowest BCUT2D eigenvalue weighted by Gasteiger charge is -2.10. The Morgan fingerprint density at radius 1 is 1.17 bits per heavy atom. The minimum atomic E-state index is -0.564. The summed E-state index contributed by atoms with van der Waals surface area (Å²) in [5.41, 5.74) is 2.31. The van der Waals surface area contributed by atoms with Crippen LogP contribution in [0, 0.1) is 11.3 Å². The van der Waals surface area contributed by atoms with Gasteiger partial charge in [0.1, 0.15) is 0 Å². The third-order valence-corrected chi connectivity index (χ3v) is 3.04. The molecule has 1 aromatic carbocycles. The largest absolute Gasteiger partial charge is 0.466 e. The Hall–Kier alpha value is -3.07. The lowest BCUT2D eigenvalue weighted by molar-refractivity contribution is -0.135. The average Bonchev–Trinajstić information content (AvgIpc) is 2.59. The first-order chi connectivity index (χ1) is 11.0. The second kappa shape index (κ2) is 9.05. The Bertz CT molecular complexity index is 667. The predicted octanol–water partition coefficient (Wildman–Crippen LogP) is 1.82. The maximum Gasteiger partial charge on any atom is 0.339 e. The zero-order valence-corrected chi connectivity index (χ0v) is 13.3. The zero-order valence-electron chi connectivity index (χ0n) is 13.3. The van der Waals surface area contributed by atoms with Crippen LogP contribution in [0.3, 0.4) is 0 Å². The molecule has 1 rings (SSSR count). The summed E-state index contributed by atoms with van der Waals surface area (Å²) in [7, 11) is 2.52. The molecule has 6 nitrogen and oxygen atoms in total. The first-order valence-electron chi connectivity index (χ1n) is 6.80. The molecule has 0 heterocycles. The molecule has 0 spiro atoms. The summed E-state index contributed by atoms with van der Waals surface area (Å²) in [6.07, 6.45) is 2.50. The standard InChI is InChI=1S/C17H18N2O4/c1-12(15(17(21)23-3)8-9-16(20)22-2)19-11-14-6-4-13(10-18)5-7-14/h4-9,19H,11H2,1-3H3/b9-8+,15-12+. The van der Waals surface area contributed by atoms with E-state index in [-0.39, 0.29) is 5.57 Å². The van der Waals surface area contributed by atoms with Gasteiger partial charge in [0.25, 0.3) is 0 Å². The number of esters is 2. The van der Waals surface area contributed by atoms with Crippen molar-refractivity contribution >= 4 is 11.9 Å². The van der Waals surface area contributed by atoms with E-state index in [1.54, 1.807) is 19.1 Å². The molecule has 0 radical (unpaired) electrons. The molecule has 23 heavy (non-hydrogen) atoms. The van der Waals surface area contributed by atoms with E-state index in [0.717, 1.165) is 11.6 Å². The highest BCUT2D eigenvalue weighted by atomic mass is 16.5. The topological polar surface area (TPSA) is 88.4 Å². The van der Waals surface area contributed by atoms with Crippen molar-refractivity contribution in [3.8, 4) is 6.07 Å². The van der Waals surface area contributed by atoms with Gasteiger partial charge in [0.15, 0.2) is 0 Å². The van der Waals surface area contributed by atoms with Gasteiger partial charge in [0, 0.05) is 18.3 Å². The fourth-order valence-corrected chi connectivity index (χ4v) is 1.70. The van der Waals surface area contributed by atoms with E-state index in [9.17, 15) is 9.59 Å². The Morgan fingerprint density at radius 2 is 1.83 bits per heavy atom. The molecule has 6 heteroatoms. The number of nitriles is 1. The van der Waals surface area contributed by atoms with E-state index in [1.165, 1.54) is 20.3 Å². The van der Waals surface area contributed by atoms with Crippen molar-refractivity contribution in [3.05, 3.63) is 58.8 Å². The fraction of sp³-hybridized carbons (Fsp3) is 0.235. The molecule has 0 amide bonds. The van der Waals surface area contributed by atoms with Gasteiger partial charge in [-0.25, -0.2) is 9.59 Å². The lowest BCUT2D eigenvalue weighted by atomic mass is 10.1. The van der Waals surface area contributed by atoms with Crippen LogP contribution in [0.25, 0.3) is 0 Å². The predicted molar refractivity (Wildman–Crippen MR) is 83.9 cm³/mol. The van der Waals surface area contributed by atoms with Crippen molar-refractivity contribution in [1.82, 2.24) is 5.32 Å². The van der Waals surface area contributed by atoms with Gasteiger partial charge in [-0.1, -0.05) is 12.1 Å². The van der Waals surface area contributed by atoms with Gasteiger partial charge in [-0.3, -0.25) is 0 Å². The zero-order chi connectivity index (χ0) is 17.2. The quantitative estimate of drug-likeness (QED) is 0.489. The average molecular weight is 314 g/mol. The van der Waals surface area contributed by atoms with Gasteiger partial charge >= 0.3 is 11.9 Å². The molecular weight excluding hydrogens is 296 g/mol. The number of rotatable bonds is 6. The number of allylic oxidation sites excluding steroid dienone is 1. The second-order valence-corrected chi connectivity index (χ2v) is 4.55. The number of nitrogens with one attached hydrogen (secondary N) is 1. The number of benzene rings is 1. The van der Waals surface area contributed by atoms with Crippen LogP contribution in [-0.2, 0) is 25.6 Å². The van der Waals surface area contributed by atoms with Gasteiger partial charge < -0.3 is 14.8 Å². The summed E-state index contributed by atoms with van der Waals surface area (Å²) in [6.45, 7) is 2.17. The van der Waals surface area contributed by atoms with Crippen LogP contribution in [-0.4, -0.2) is 26.2 Å². The van der Waals surface area contributed by atoms with Crippen LogP contribution in [0.5, 0.6) is 0 Å². The monoisotopic (exact) mass is 314 g/mol. The fourth-order valence-electron chi connectivity index (χ4n) is 1.70. The number of ether oxygens (including phenoxy) is 2. The number of methoxy groups -OCH3 is 2. The summed E-state index contributed by atoms with van der Waals surface area (Å²) in [6, 6.07) is 9.12. The molecule has 0 aliphatic heterocycles. The van der Waals surface area contributed by atoms with Gasteiger partial charge in [-0.05, 0) is 30.7 Å². The summed E-state index contributed by atoms with van der Waals surface area (Å²) in [5.74, 6) is -1.12. The van der Waals surface area contributed by atoms with E-state index < -0.39 is 11.9 Å². The molecule has 0 aromatic heterocycles. The molecule has 0 saturated carbocycles. The van der Waals surface area contributed by atoms with E-state index in [4.69, 9.17) is 10.00 Å². The first-order valence-corrected chi connectivity index (χ1v) is 6.80. The minimum Gasteiger partial charge on any atom is -0.466 e. The van der Waals surface area contributed by atoms with Crippen LogP contribution in [0.1, 0.15) is 18.1 Å².